The van der Waals surface area contributed by atoms with Crippen molar-refractivity contribution in [2.75, 3.05) is 13.1 Å². The number of hydrogen-bond acceptors (Lipinski definition) is 1. The molecule has 1 unspecified atom stereocenters. The molecular formula is C16H21N. The third-order valence-electron chi connectivity index (χ3n) is 4.17. The van der Waals surface area contributed by atoms with Crippen molar-refractivity contribution in [2.24, 2.45) is 0 Å². The highest BCUT2D eigenvalue weighted by Gasteiger charge is 2.21. The lowest BCUT2D eigenvalue weighted by Crippen LogP contribution is -2.21. The summed E-state index contributed by atoms with van der Waals surface area (Å²) < 4.78 is 0. The molecule has 1 aliphatic carbocycles. The Kier molecular flexibility index (Phi) is 3.17. The number of benzene rings is 1. The van der Waals surface area contributed by atoms with Crippen molar-refractivity contribution >= 4 is 0 Å². The maximum absolute atomic E-state index is 2.60. The highest BCUT2D eigenvalue weighted by molar-refractivity contribution is 5.23. The molecule has 1 aromatic rings. The van der Waals surface area contributed by atoms with E-state index in [0.717, 1.165) is 5.92 Å². The maximum Gasteiger partial charge on any atom is 0.0175 e. The summed E-state index contributed by atoms with van der Waals surface area (Å²) in [5, 5.41) is 0. The highest BCUT2D eigenvalue weighted by Crippen LogP contribution is 2.33. The first kappa shape index (κ1) is 10.9. The van der Waals surface area contributed by atoms with Crippen LogP contribution in [0.5, 0.6) is 0 Å². The molecule has 0 bridgehead atoms. The molecule has 1 aliphatic heterocycles. The van der Waals surface area contributed by atoms with E-state index < -0.39 is 0 Å². The summed E-state index contributed by atoms with van der Waals surface area (Å²) in [4.78, 5) is 2.60. The molecule has 0 radical (unpaired) electrons. The standard InChI is InChI=1S/C16H21N/c1-2-6-14(7-3-1)15-8-10-16(11-9-15)17-12-4-5-13-17/h1-3,6-7,10,15H,4-5,8-9,11-13H2. The topological polar surface area (TPSA) is 3.24 Å². The third kappa shape index (κ3) is 2.38. The van der Waals surface area contributed by atoms with Crippen LogP contribution in [0, 0.1) is 0 Å². The van der Waals surface area contributed by atoms with Crippen LogP contribution in [-0.4, -0.2) is 18.0 Å². The van der Waals surface area contributed by atoms with Gasteiger partial charge in [-0.25, -0.2) is 0 Å². The molecule has 1 heteroatoms. The smallest absolute Gasteiger partial charge is 0.0175 e. The third-order valence-corrected chi connectivity index (χ3v) is 4.17. The van der Waals surface area contributed by atoms with E-state index in [9.17, 15) is 0 Å². The van der Waals surface area contributed by atoms with Crippen molar-refractivity contribution in [3.8, 4) is 0 Å². The number of nitrogens with zero attached hydrogens (tertiary/aromatic N) is 1. The SMILES string of the molecule is C1=C(N2CCCC2)CCC(c2ccccc2)C1. The normalized spacial score (nSPS) is 24.8. The Bertz CT molecular complexity index is 387. The number of allylic oxidation sites excluding steroid dienone is 2. The molecule has 0 saturated carbocycles. The Morgan fingerprint density at radius 3 is 2.41 bits per heavy atom. The molecular weight excluding hydrogens is 206 g/mol. The van der Waals surface area contributed by atoms with Crippen molar-refractivity contribution in [3.63, 3.8) is 0 Å². The number of likely N-dealkylation sites (tertiary alicyclic amines) is 1. The number of rotatable bonds is 2. The number of hydrogen-bond donors (Lipinski definition) is 0. The molecule has 1 heterocycles. The molecule has 0 spiro atoms. The zero-order valence-electron chi connectivity index (χ0n) is 10.4. The lowest BCUT2D eigenvalue weighted by atomic mass is 9.86. The molecule has 1 fully saturated rings. The monoisotopic (exact) mass is 227 g/mol. The Morgan fingerprint density at radius 1 is 1.00 bits per heavy atom. The molecule has 0 aromatic heterocycles. The van der Waals surface area contributed by atoms with Crippen LogP contribution in [0.15, 0.2) is 42.1 Å². The van der Waals surface area contributed by atoms with Crippen LogP contribution in [-0.2, 0) is 0 Å². The summed E-state index contributed by atoms with van der Waals surface area (Å²) >= 11 is 0. The van der Waals surface area contributed by atoms with Crippen LogP contribution < -0.4 is 0 Å². The van der Waals surface area contributed by atoms with Crippen LogP contribution in [0.1, 0.15) is 43.6 Å². The first-order valence-corrected chi connectivity index (χ1v) is 6.92. The zero-order chi connectivity index (χ0) is 11.5. The Labute approximate surface area is 104 Å². The van der Waals surface area contributed by atoms with E-state index in [1.807, 2.05) is 0 Å². The molecule has 0 amide bonds. The van der Waals surface area contributed by atoms with Crippen LogP contribution in [0.2, 0.25) is 0 Å². The fourth-order valence-electron chi connectivity index (χ4n) is 3.14. The van der Waals surface area contributed by atoms with E-state index in [2.05, 4.69) is 41.3 Å². The van der Waals surface area contributed by atoms with Gasteiger partial charge in [0.05, 0.1) is 0 Å². The van der Waals surface area contributed by atoms with Crippen LogP contribution in [0.3, 0.4) is 0 Å². The molecule has 1 saturated heterocycles. The molecule has 0 N–H and O–H groups in total. The average molecular weight is 227 g/mol. The largest absolute Gasteiger partial charge is 0.375 e. The second-order valence-corrected chi connectivity index (χ2v) is 5.27. The Hall–Kier alpha value is -1.24. The van der Waals surface area contributed by atoms with Gasteiger partial charge in [0.15, 0.2) is 0 Å². The molecule has 1 nitrogen and oxygen atoms in total. The minimum atomic E-state index is 0.752. The van der Waals surface area contributed by atoms with Gasteiger partial charge in [0, 0.05) is 18.8 Å². The fourth-order valence-corrected chi connectivity index (χ4v) is 3.14. The lowest BCUT2D eigenvalue weighted by Gasteiger charge is -2.28. The van der Waals surface area contributed by atoms with E-state index in [1.54, 1.807) is 5.70 Å². The minimum Gasteiger partial charge on any atom is -0.375 e. The van der Waals surface area contributed by atoms with Gasteiger partial charge in [0.2, 0.25) is 0 Å². The van der Waals surface area contributed by atoms with E-state index in [0.29, 0.717) is 0 Å². The lowest BCUT2D eigenvalue weighted by molar-refractivity contribution is 0.383. The summed E-state index contributed by atoms with van der Waals surface area (Å²) in [6, 6.07) is 11.0. The van der Waals surface area contributed by atoms with Gasteiger partial charge >= 0.3 is 0 Å². The molecule has 17 heavy (non-hydrogen) atoms. The second-order valence-electron chi connectivity index (χ2n) is 5.27. The minimum absolute atomic E-state index is 0.752. The predicted octanol–water partition coefficient (Wildman–Crippen LogP) is 3.93. The summed E-state index contributed by atoms with van der Waals surface area (Å²) in [6.07, 6.45) is 9.10. The van der Waals surface area contributed by atoms with Crippen molar-refractivity contribution in [1.29, 1.82) is 0 Å². The van der Waals surface area contributed by atoms with Crippen LogP contribution in [0.4, 0.5) is 0 Å². The van der Waals surface area contributed by atoms with Gasteiger partial charge in [-0.1, -0.05) is 36.4 Å². The summed E-state index contributed by atoms with van der Waals surface area (Å²) in [7, 11) is 0. The van der Waals surface area contributed by atoms with Gasteiger partial charge in [-0.3, -0.25) is 0 Å². The Balaban J connectivity index is 1.66. The predicted molar refractivity (Wildman–Crippen MR) is 71.9 cm³/mol. The molecule has 1 aromatic carbocycles. The highest BCUT2D eigenvalue weighted by atomic mass is 15.1. The van der Waals surface area contributed by atoms with E-state index in [4.69, 9.17) is 0 Å². The Morgan fingerprint density at radius 2 is 1.76 bits per heavy atom. The second kappa shape index (κ2) is 4.95. The summed E-state index contributed by atoms with van der Waals surface area (Å²) in [5.74, 6) is 0.752. The summed E-state index contributed by atoms with van der Waals surface area (Å²) in [6.45, 7) is 2.59. The van der Waals surface area contributed by atoms with Crippen molar-refractivity contribution in [3.05, 3.63) is 47.7 Å². The van der Waals surface area contributed by atoms with E-state index in [-0.39, 0.29) is 0 Å². The van der Waals surface area contributed by atoms with Crippen molar-refractivity contribution in [1.82, 2.24) is 4.90 Å². The average Bonchev–Trinajstić information content (AvgIpc) is 2.94. The van der Waals surface area contributed by atoms with Gasteiger partial charge in [-0.2, -0.15) is 0 Å². The maximum atomic E-state index is 2.60. The quantitative estimate of drug-likeness (QED) is 0.740. The molecule has 2 aliphatic rings. The van der Waals surface area contributed by atoms with Gasteiger partial charge in [0.1, 0.15) is 0 Å². The van der Waals surface area contributed by atoms with Crippen LogP contribution >= 0.6 is 0 Å². The first-order valence-electron chi connectivity index (χ1n) is 6.92. The van der Waals surface area contributed by atoms with Gasteiger partial charge in [0.25, 0.3) is 0 Å². The van der Waals surface area contributed by atoms with Gasteiger partial charge < -0.3 is 4.90 Å². The molecule has 90 valence electrons. The fraction of sp³-hybridized carbons (Fsp3) is 0.500. The molecule has 3 rings (SSSR count). The van der Waals surface area contributed by atoms with E-state index >= 15 is 0 Å². The summed E-state index contributed by atoms with van der Waals surface area (Å²) in [5.41, 5.74) is 3.14. The van der Waals surface area contributed by atoms with Crippen LogP contribution in [0.25, 0.3) is 0 Å². The first-order chi connectivity index (χ1) is 8.43. The van der Waals surface area contributed by atoms with E-state index in [1.165, 1.54) is 50.8 Å². The van der Waals surface area contributed by atoms with Crippen molar-refractivity contribution in [2.45, 2.75) is 38.0 Å². The molecule has 1 atom stereocenters. The van der Waals surface area contributed by atoms with Gasteiger partial charge in [-0.15, -0.1) is 0 Å². The van der Waals surface area contributed by atoms with Gasteiger partial charge in [-0.05, 0) is 43.6 Å². The van der Waals surface area contributed by atoms with Crippen molar-refractivity contribution < 1.29 is 0 Å². The zero-order valence-corrected chi connectivity index (χ0v) is 10.4.